The van der Waals surface area contributed by atoms with Crippen LogP contribution in [0.25, 0.3) is 0 Å². The third-order valence-electron chi connectivity index (χ3n) is 2.17. The molecule has 0 heterocycles. The monoisotopic (exact) mass is 215 g/mol. The number of hydrogen-bond donors (Lipinski definition) is 1. The van der Waals surface area contributed by atoms with Crippen LogP contribution in [-0.2, 0) is 0 Å². The standard InChI is InChI=1S/C13H13NS/c1-10-6-8-11(9-7-10)15-13-5-3-2-4-12(13)14/h2-9H,14H2,1H3. The van der Waals surface area contributed by atoms with E-state index in [1.165, 1.54) is 10.5 Å². The summed E-state index contributed by atoms with van der Waals surface area (Å²) < 4.78 is 0. The number of para-hydroxylation sites is 1. The zero-order chi connectivity index (χ0) is 10.7. The highest BCUT2D eigenvalue weighted by Gasteiger charge is 1.99. The Bertz CT molecular complexity index is 448. The first-order valence-corrected chi connectivity index (χ1v) is 5.66. The van der Waals surface area contributed by atoms with E-state index in [4.69, 9.17) is 5.73 Å². The first-order valence-electron chi connectivity index (χ1n) is 4.85. The average molecular weight is 215 g/mol. The van der Waals surface area contributed by atoms with E-state index in [1.807, 2.05) is 24.3 Å². The Balaban J connectivity index is 2.22. The number of benzene rings is 2. The minimum absolute atomic E-state index is 0.836. The van der Waals surface area contributed by atoms with Gasteiger partial charge in [-0.1, -0.05) is 41.6 Å². The number of aryl methyl sites for hydroxylation is 1. The minimum Gasteiger partial charge on any atom is -0.398 e. The molecule has 0 spiro atoms. The summed E-state index contributed by atoms with van der Waals surface area (Å²) in [6.45, 7) is 2.09. The van der Waals surface area contributed by atoms with E-state index in [2.05, 4.69) is 31.2 Å². The second kappa shape index (κ2) is 4.41. The van der Waals surface area contributed by atoms with E-state index >= 15 is 0 Å². The Hall–Kier alpha value is -1.41. The summed E-state index contributed by atoms with van der Waals surface area (Å²) in [6, 6.07) is 16.4. The quantitative estimate of drug-likeness (QED) is 0.772. The van der Waals surface area contributed by atoms with E-state index in [1.54, 1.807) is 11.8 Å². The Morgan fingerprint density at radius 3 is 2.27 bits per heavy atom. The first kappa shape index (κ1) is 10.1. The predicted octanol–water partition coefficient (Wildman–Crippen LogP) is 3.73. The summed E-state index contributed by atoms with van der Waals surface area (Å²) in [4.78, 5) is 2.33. The van der Waals surface area contributed by atoms with Crippen LogP contribution in [0.1, 0.15) is 5.56 Å². The second-order valence-electron chi connectivity index (χ2n) is 3.45. The number of rotatable bonds is 2. The normalized spacial score (nSPS) is 10.2. The molecule has 0 bridgehead atoms. The maximum Gasteiger partial charge on any atom is 0.0455 e. The van der Waals surface area contributed by atoms with Crippen LogP contribution in [0.4, 0.5) is 5.69 Å². The summed E-state index contributed by atoms with van der Waals surface area (Å²) in [6.07, 6.45) is 0. The molecule has 15 heavy (non-hydrogen) atoms. The van der Waals surface area contributed by atoms with Gasteiger partial charge in [0.2, 0.25) is 0 Å². The van der Waals surface area contributed by atoms with Gasteiger partial charge in [0.25, 0.3) is 0 Å². The first-order chi connectivity index (χ1) is 7.25. The van der Waals surface area contributed by atoms with Crippen molar-refractivity contribution in [3.8, 4) is 0 Å². The summed E-state index contributed by atoms with van der Waals surface area (Å²) >= 11 is 1.70. The number of hydrogen-bond acceptors (Lipinski definition) is 2. The molecule has 2 N–H and O–H groups in total. The molecule has 76 valence electrons. The van der Waals surface area contributed by atoms with Crippen molar-refractivity contribution in [3.05, 3.63) is 54.1 Å². The van der Waals surface area contributed by atoms with Gasteiger partial charge in [-0.05, 0) is 31.2 Å². The maximum atomic E-state index is 5.88. The highest BCUT2D eigenvalue weighted by atomic mass is 32.2. The van der Waals surface area contributed by atoms with E-state index in [-0.39, 0.29) is 0 Å². The molecule has 0 fully saturated rings. The SMILES string of the molecule is Cc1ccc(Sc2ccccc2N)cc1. The average Bonchev–Trinajstić information content (AvgIpc) is 2.25. The summed E-state index contributed by atoms with van der Waals surface area (Å²) in [5.41, 5.74) is 7.99. The molecule has 2 heteroatoms. The van der Waals surface area contributed by atoms with Gasteiger partial charge in [0.15, 0.2) is 0 Å². The van der Waals surface area contributed by atoms with Gasteiger partial charge in [-0.2, -0.15) is 0 Å². The Morgan fingerprint density at radius 2 is 1.60 bits per heavy atom. The predicted molar refractivity (Wildman–Crippen MR) is 66.2 cm³/mol. The van der Waals surface area contributed by atoms with Gasteiger partial charge in [-0.15, -0.1) is 0 Å². The minimum atomic E-state index is 0.836. The second-order valence-corrected chi connectivity index (χ2v) is 4.57. The largest absolute Gasteiger partial charge is 0.398 e. The van der Waals surface area contributed by atoms with Crippen molar-refractivity contribution in [1.29, 1.82) is 0 Å². The lowest BCUT2D eigenvalue weighted by atomic mass is 10.2. The number of nitrogen functional groups attached to an aromatic ring is 1. The van der Waals surface area contributed by atoms with Gasteiger partial charge in [0.1, 0.15) is 0 Å². The molecular formula is C13H13NS. The van der Waals surface area contributed by atoms with Crippen LogP contribution in [0, 0.1) is 6.92 Å². The number of anilines is 1. The van der Waals surface area contributed by atoms with Crippen molar-refractivity contribution in [2.75, 3.05) is 5.73 Å². The van der Waals surface area contributed by atoms with E-state index < -0.39 is 0 Å². The van der Waals surface area contributed by atoms with Gasteiger partial charge in [-0.3, -0.25) is 0 Å². The molecule has 0 aliphatic rings. The molecule has 0 aliphatic carbocycles. The van der Waals surface area contributed by atoms with Gasteiger partial charge >= 0.3 is 0 Å². The van der Waals surface area contributed by atoms with Crippen LogP contribution in [-0.4, -0.2) is 0 Å². The smallest absolute Gasteiger partial charge is 0.0455 e. The Labute approximate surface area is 94.3 Å². The zero-order valence-electron chi connectivity index (χ0n) is 8.60. The third-order valence-corrected chi connectivity index (χ3v) is 3.27. The van der Waals surface area contributed by atoms with Gasteiger partial charge in [0, 0.05) is 15.5 Å². The van der Waals surface area contributed by atoms with Gasteiger partial charge in [0.05, 0.1) is 0 Å². The summed E-state index contributed by atoms with van der Waals surface area (Å²) in [5.74, 6) is 0. The lowest BCUT2D eigenvalue weighted by Crippen LogP contribution is -1.86. The molecule has 0 saturated carbocycles. The fraction of sp³-hybridized carbons (Fsp3) is 0.0769. The summed E-state index contributed by atoms with van der Waals surface area (Å²) in [7, 11) is 0. The Kier molecular flexibility index (Phi) is 2.97. The maximum absolute atomic E-state index is 5.88. The molecular weight excluding hydrogens is 202 g/mol. The van der Waals surface area contributed by atoms with Crippen LogP contribution < -0.4 is 5.73 Å². The Morgan fingerprint density at radius 1 is 0.933 bits per heavy atom. The molecule has 0 aliphatic heterocycles. The molecule has 0 aromatic heterocycles. The lowest BCUT2D eigenvalue weighted by molar-refractivity contribution is 1.36. The van der Waals surface area contributed by atoms with E-state index in [0.29, 0.717) is 0 Å². The van der Waals surface area contributed by atoms with Crippen LogP contribution in [0.3, 0.4) is 0 Å². The van der Waals surface area contributed by atoms with Crippen LogP contribution in [0.2, 0.25) is 0 Å². The van der Waals surface area contributed by atoms with Crippen molar-refractivity contribution >= 4 is 17.4 Å². The fourth-order valence-electron chi connectivity index (χ4n) is 1.31. The third kappa shape index (κ3) is 2.54. The number of nitrogens with two attached hydrogens (primary N) is 1. The fourth-order valence-corrected chi connectivity index (χ4v) is 2.17. The molecule has 0 unspecified atom stereocenters. The molecule has 0 atom stereocenters. The van der Waals surface area contributed by atoms with Crippen molar-refractivity contribution < 1.29 is 0 Å². The molecule has 2 aromatic carbocycles. The van der Waals surface area contributed by atoms with Crippen LogP contribution in [0.15, 0.2) is 58.3 Å². The van der Waals surface area contributed by atoms with Crippen molar-refractivity contribution in [2.45, 2.75) is 16.7 Å². The topological polar surface area (TPSA) is 26.0 Å². The zero-order valence-corrected chi connectivity index (χ0v) is 9.42. The van der Waals surface area contributed by atoms with Crippen LogP contribution >= 0.6 is 11.8 Å². The highest BCUT2D eigenvalue weighted by Crippen LogP contribution is 2.31. The molecule has 0 saturated heterocycles. The highest BCUT2D eigenvalue weighted by molar-refractivity contribution is 7.99. The molecule has 0 amide bonds. The molecule has 2 aromatic rings. The molecule has 1 nitrogen and oxygen atoms in total. The van der Waals surface area contributed by atoms with Crippen LogP contribution in [0.5, 0.6) is 0 Å². The van der Waals surface area contributed by atoms with E-state index in [9.17, 15) is 0 Å². The van der Waals surface area contributed by atoms with Gasteiger partial charge in [-0.25, -0.2) is 0 Å². The molecule has 0 radical (unpaired) electrons. The lowest BCUT2D eigenvalue weighted by Gasteiger charge is -2.04. The van der Waals surface area contributed by atoms with Crippen molar-refractivity contribution in [2.24, 2.45) is 0 Å². The van der Waals surface area contributed by atoms with Crippen molar-refractivity contribution in [3.63, 3.8) is 0 Å². The van der Waals surface area contributed by atoms with Gasteiger partial charge < -0.3 is 5.73 Å². The summed E-state index contributed by atoms with van der Waals surface area (Å²) in [5, 5.41) is 0. The van der Waals surface area contributed by atoms with Crippen molar-refractivity contribution in [1.82, 2.24) is 0 Å². The van der Waals surface area contributed by atoms with E-state index in [0.717, 1.165) is 10.6 Å². The molecule has 2 rings (SSSR count).